The number of fused-ring (bicyclic) bond motifs is 3. The average Bonchev–Trinajstić information content (AvgIpc) is 3.21. The number of thiophene rings is 1. The first kappa shape index (κ1) is 25.4. The second-order valence-corrected chi connectivity index (χ2v) is 13.5. The van der Waals surface area contributed by atoms with E-state index in [9.17, 15) is 9.59 Å². The molecule has 7 heteroatoms. The fraction of sp³-hybridized carbons (Fsp3) is 0.345. The Balaban J connectivity index is 1.60. The number of rotatable bonds is 5. The Kier molecular flexibility index (Phi) is 7.01. The van der Waals surface area contributed by atoms with Gasteiger partial charge in [-0.25, -0.2) is 4.98 Å². The number of benzene rings is 2. The number of hydrogen-bond donors (Lipinski definition) is 0. The topological polar surface area (TPSA) is 52.0 Å². The van der Waals surface area contributed by atoms with Crippen LogP contribution in [0.4, 0.5) is 0 Å². The largest absolute Gasteiger partial charge is 0.293 e. The minimum atomic E-state index is -0.0281. The molecule has 0 bridgehead atoms. The summed E-state index contributed by atoms with van der Waals surface area (Å²) < 4.78 is 2.66. The molecule has 0 spiro atoms. The van der Waals surface area contributed by atoms with E-state index in [1.807, 2.05) is 55.5 Å². The van der Waals surface area contributed by atoms with E-state index in [0.717, 1.165) is 45.2 Å². The molecule has 1 aliphatic rings. The van der Waals surface area contributed by atoms with Crippen LogP contribution in [0.5, 0.6) is 0 Å². The Hall–Kier alpha value is -2.22. The number of aryl methyl sites for hydroxylation is 2. The lowest BCUT2D eigenvalue weighted by Crippen LogP contribution is -2.27. The lowest BCUT2D eigenvalue weighted by atomic mass is 9.72. The molecule has 1 aliphatic carbocycles. The number of para-hydroxylation sites is 1. The van der Waals surface area contributed by atoms with Crippen LogP contribution in [0.15, 0.2) is 63.0 Å². The zero-order valence-electron chi connectivity index (χ0n) is 20.9. The molecule has 4 nitrogen and oxygen atoms in total. The van der Waals surface area contributed by atoms with Crippen molar-refractivity contribution in [2.45, 2.75) is 52.1 Å². The van der Waals surface area contributed by atoms with E-state index >= 15 is 0 Å². The maximum Gasteiger partial charge on any atom is 0.267 e. The quantitative estimate of drug-likeness (QED) is 0.138. The molecule has 0 fully saturated rings. The van der Waals surface area contributed by atoms with Gasteiger partial charge in [0.25, 0.3) is 5.56 Å². The highest BCUT2D eigenvalue weighted by Crippen LogP contribution is 2.42. The third-order valence-electron chi connectivity index (χ3n) is 7.13. The molecule has 0 saturated carbocycles. The second-order valence-electron chi connectivity index (χ2n) is 10.5. The van der Waals surface area contributed by atoms with Crippen LogP contribution in [0.25, 0.3) is 15.9 Å². The molecule has 2 aromatic heterocycles. The monoisotopic (exact) mass is 580 g/mol. The first-order valence-corrected chi connectivity index (χ1v) is 14.8. The van der Waals surface area contributed by atoms with Crippen LogP contribution in [0.2, 0.25) is 0 Å². The minimum absolute atomic E-state index is 0.0108. The van der Waals surface area contributed by atoms with E-state index in [-0.39, 0.29) is 22.5 Å². The van der Waals surface area contributed by atoms with Gasteiger partial charge in [-0.15, -0.1) is 11.3 Å². The van der Waals surface area contributed by atoms with E-state index in [2.05, 4.69) is 36.7 Å². The van der Waals surface area contributed by atoms with E-state index in [1.165, 1.54) is 22.2 Å². The summed E-state index contributed by atoms with van der Waals surface area (Å²) in [4.78, 5) is 34.1. The smallest absolute Gasteiger partial charge is 0.267 e. The van der Waals surface area contributed by atoms with Gasteiger partial charge >= 0.3 is 0 Å². The number of Topliss-reactive ketones (excluding diaryl/α,β-unsaturated/α-hetero) is 1. The molecular weight excluding hydrogens is 552 g/mol. The number of halogens is 1. The van der Waals surface area contributed by atoms with Crippen LogP contribution >= 0.6 is 39.0 Å². The van der Waals surface area contributed by atoms with Gasteiger partial charge in [-0.1, -0.05) is 78.8 Å². The Morgan fingerprint density at radius 2 is 1.89 bits per heavy atom. The van der Waals surface area contributed by atoms with Gasteiger partial charge in [-0.2, -0.15) is 0 Å². The molecule has 0 saturated heterocycles. The summed E-state index contributed by atoms with van der Waals surface area (Å²) in [5.41, 5.74) is 3.85. The van der Waals surface area contributed by atoms with E-state index < -0.39 is 0 Å². The summed E-state index contributed by atoms with van der Waals surface area (Å²) in [5, 5.41) is 1.33. The van der Waals surface area contributed by atoms with Gasteiger partial charge in [0.1, 0.15) is 4.83 Å². The summed E-state index contributed by atoms with van der Waals surface area (Å²) in [5.74, 6) is 0.813. The highest BCUT2D eigenvalue weighted by Gasteiger charge is 2.32. The summed E-state index contributed by atoms with van der Waals surface area (Å²) in [7, 11) is 0. The molecule has 2 heterocycles. The van der Waals surface area contributed by atoms with Crippen molar-refractivity contribution in [1.82, 2.24) is 9.55 Å². The normalized spacial score (nSPS) is 15.8. The standard InChI is InChI=1S/C29H29BrN2O2S2/c1-17-7-5-6-8-22(17)32-27(34)25-21-14-11-19(29(2,3)4)15-24(21)36-26(25)31-28(32)35-16-23(33)18-9-12-20(30)13-10-18/h5-10,12-13,19H,11,14-16H2,1-4H3/t19-/m1/s1. The van der Waals surface area contributed by atoms with Crippen molar-refractivity contribution in [3.8, 4) is 5.69 Å². The third kappa shape index (κ3) is 4.85. The third-order valence-corrected chi connectivity index (χ3v) is 9.75. The first-order chi connectivity index (χ1) is 17.1. The maximum absolute atomic E-state index is 14.1. The summed E-state index contributed by atoms with van der Waals surface area (Å²) in [6.45, 7) is 8.91. The van der Waals surface area contributed by atoms with Crippen LogP contribution in [0, 0.1) is 18.3 Å². The number of aromatic nitrogens is 2. The lowest BCUT2D eigenvalue weighted by Gasteiger charge is -2.33. The van der Waals surface area contributed by atoms with Crippen LogP contribution in [0.1, 0.15) is 53.6 Å². The minimum Gasteiger partial charge on any atom is -0.293 e. The number of hydrogen-bond acceptors (Lipinski definition) is 5. The van der Waals surface area contributed by atoms with Crippen LogP contribution in [-0.4, -0.2) is 21.1 Å². The van der Waals surface area contributed by atoms with Crippen molar-refractivity contribution in [3.63, 3.8) is 0 Å². The predicted octanol–water partition coefficient (Wildman–Crippen LogP) is 7.64. The molecule has 0 unspecified atom stereocenters. The highest BCUT2D eigenvalue weighted by molar-refractivity contribution is 9.10. The summed E-state index contributed by atoms with van der Waals surface area (Å²) in [6, 6.07) is 15.2. The Labute approximate surface area is 228 Å². The number of thioether (sulfide) groups is 1. The van der Waals surface area contributed by atoms with Gasteiger partial charge in [0.15, 0.2) is 10.9 Å². The molecular formula is C29H29BrN2O2S2. The van der Waals surface area contributed by atoms with Crippen molar-refractivity contribution in [3.05, 3.63) is 84.9 Å². The maximum atomic E-state index is 14.1. The Bertz CT molecular complexity index is 1510. The average molecular weight is 582 g/mol. The van der Waals surface area contributed by atoms with Gasteiger partial charge in [0.2, 0.25) is 0 Å². The van der Waals surface area contributed by atoms with Crippen molar-refractivity contribution in [1.29, 1.82) is 0 Å². The summed E-state index contributed by atoms with van der Waals surface area (Å²) >= 11 is 6.41. The number of carbonyl (C=O) groups is 1. The van der Waals surface area contributed by atoms with E-state index in [0.29, 0.717) is 16.6 Å². The summed E-state index contributed by atoms with van der Waals surface area (Å²) in [6.07, 6.45) is 3.00. The molecule has 36 heavy (non-hydrogen) atoms. The Morgan fingerprint density at radius 1 is 1.17 bits per heavy atom. The predicted molar refractivity (Wildman–Crippen MR) is 154 cm³/mol. The molecule has 2 aromatic carbocycles. The van der Waals surface area contributed by atoms with Crippen molar-refractivity contribution < 1.29 is 4.79 Å². The molecule has 0 radical (unpaired) electrons. The number of carbonyl (C=O) groups excluding carboxylic acids is 1. The van der Waals surface area contributed by atoms with E-state index in [4.69, 9.17) is 4.98 Å². The van der Waals surface area contributed by atoms with E-state index in [1.54, 1.807) is 15.9 Å². The number of nitrogens with zero attached hydrogens (tertiary/aromatic N) is 2. The zero-order valence-corrected chi connectivity index (χ0v) is 24.1. The van der Waals surface area contributed by atoms with Gasteiger partial charge in [0, 0.05) is 14.9 Å². The lowest BCUT2D eigenvalue weighted by molar-refractivity contribution is 0.102. The fourth-order valence-corrected chi connectivity index (χ4v) is 7.42. The van der Waals surface area contributed by atoms with Gasteiger partial charge < -0.3 is 0 Å². The molecule has 0 aliphatic heterocycles. The fourth-order valence-electron chi connectivity index (χ4n) is 4.92. The van der Waals surface area contributed by atoms with Gasteiger partial charge in [-0.3, -0.25) is 14.2 Å². The number of ketones is 1. The first-order valence-electron chi connectivity index (χ1n) is 12.2. The molecule has 4 aromatic rings. The van der Waals surface area contributed by atoms with Crippen LogP contribution in [-0.2, 0) is 12.8 Å². The Morgan fingerprint density at radius 3 is 2.58 bits per heavy atom. The highest BCUT2D eigenvalue weighted by atomic mass is 79.9. The molecule has 0 N–H and O–H groups in total. The molecule has 1 atom stereocenters. The van der Waals surface area contributed by atoms with Crippen molar-refractivity contribution in [2.24, 2.45) is 11.3 Å². The SMILES string of the molecule is Cc1ccccc1-n1c(SCC(=O)c2ccc(Br)cc2)nc2sc3c(c2c1=O)CC[C@@H](C(C)(C)C)C3. The van der Waals surface area contributed by atoms with Gasteiger partial charge in [0.05, 0.1) is 16.8 Å². The zero-order chi connectivity index (χ0) is 25.6. The molecule has 5 rings (SSSR count). The van der Waals surface area contributed by atoms with Gasteiger partial charge in [-0.05, 0) is 66.8 Å². The molecule has 0 amide bonds. The van der Waals surface area contributed by atoms with Crippen LogP contribution < -0.4 is 5.56 Å². The van der Waals surface area contributed by atoms with Crippen molar-refractivity contribution in [2.75, 3.05) is 5.75 Å². The van der Waals surface area contributed by atoms with Crippen LogP contribution in [0.3, 0.4) is 0 Å². The van der Waals surface area contributed by atoms with Crippen molar-refractivity contribution >= 4 is 55.0 Å². The molecule has 186 valence electrons. The second kappa shape index (κ2) is 9.92.